The molecule has 0 saturated carbocycles. The Morgan fingerprint density at radius 3 is 2.08 bits per heavy atom. The van der Waals surface area contributed by atoms with Gasteiger partial charge in [0.1, 0.15) is 11.6 Å². The van der Waals surface area contributed by atoms with E-state index in [0.717, 1.165) is 5.56 Å². The average Bonchev–Trinajstić information content (AvgIpc) is 2.67. The molecule has 1 atom stereocenters. The molecule has 2 amide bonds. The zero-order valence-electron chi connectivity index (χ0n) is 13.8. The van der Waals surface area contributed by atoms with E-state index in [4.69, 9.17) is 5.73 Å². The lowest BCUT2D eigenvalue weighted by atomic mass is 10.1. The molecule has 26 heavy (non-hydrogen) atoms. The fraction of sp³-hybridized carbons (Fsp3) is 0.0500. The van der Waals surface area contributed by atoms with Crippen molar-refractivity contribution in [2.24, 2.45) is 5.73 Å². The van der Waals surface area contributed by atoms with Crippen LogP contribution in [0.5, 0.6) is 0 Å². The number of benzene rings is 2. The van der Waals surface area contributed by atoms with Crippen LogP contribution in [-0.4, -0.2) is 16.8 Å². The van der Waals surface area contributed by atoms with E-state index in [1.807, 2.05) is 30.3 Å². The van der Waals surface area contributed by atoms with Crippen LogP contribution in [0.1, 0.15) is 22.0 Å². The van der Waals surface area contributed by atoms with Crippen LogP contribution in [0.15, 0.2) is 77.6 Å². The van der Waals surface area contributed by atoms with Gasteiger partial charge in [-0.1, -0.05) is 60.7 Å². The van der Waals surface area contributed by atoms with Crippen LogP contribution in [0.3, 0.4) is 0 Å². The first-order chi connectivity index (χ1) is 12.6. The number of nitrogens with two attached hydrogens (primary N) is 1. The van der Waals surface area contributed by atoms with E-state index in [1.165, 1.54) is 6.07 Å². The largest absolute Gasteiger partial charge is 0.368 e. The molecule has 0 aliphatic carbocycles. The predicted molar refractivity (Wildman–Crippen MR) is 98.3 cm³/mol. The molecule has 3 rings (SSSR count). The number of carbonyl (C=O) groups excluding carboxylic acids is 2. The molecule has 1 unspecified atom stereocenters. The third-order valence-electron chi connectivity index (χ3n) is 3.93. The Kier molecular flexibility index (Phi) is 4.94. The van der Waals surface area contributed by atoms with Gasteiger partial charge in [0.25, 0.3) is 11.5 Å². The Morgan fingerprint density at radius 1 is 0.885 bits per heavy atom. The van der Waals surface area contributed by atoms with Crippen molar-refractivity contribution < 1.29 is 9.59 Å². The van der Waals surface area contributed by atoms with Gasteiger partial charge in [-0.05, 0) is 23.3 Å². The van der Waals surface area contributed by atoms with Crippen molar-refractivity contribution in [2.45, 2.75) is 6.04 Å². The van der Waals surface area contributed by atoms with E-state index in [0.29, 0.717) is 11.3 Å². The molecular formula is C20H17N3O3. The lowest BCUT2D eigenvalue weighted by Gasteiger charge is -2.15. The second-order valence-corrected chi connectivity index (χ2v) is 5.70. The number of carbonyl (C=O) groups is 2. The topological polar surface area (TPSA) is 105 Å². The number of nitrogens with one attached hydrogen (secondary N) is 2. The molecule has 0 radical (unpaired) electrons. The highest BCUT2D eigenvalue weighted by Crippen LogP contribution is 2.16. The van der Waals surface area contributed by atoms with Crippen molar-refractivity contribution in [1.29, 1.82) is 0 Å². The summed E-state index contributed by atoms with van der Waals surface area (Å²) in [4.78, 5) is 39.2. The molecule has 6 nitrogen and oxygen atoms in total. The maximum absolute atomic E-state index is 12.5. The molecule has 1 heterocycles. The van der Waals surface area contributed by atoms with Gasteiger partial charge in [-0.3, -0.25) is 14.4 Å². The van der Waals surface area contributed by atoms with E-state index in [-0.39, 0.29) is 5.56 Å². The van der Waals surface area contributed by atoms with Crippen LogP contribution >= 0.6 is 0 Å². The lowest BCUT2D eigenvalue weighted by Crippen LogP contribution is -2.39. The first-order valence-corrected chi connectivity index (χ1v) is 8.00. The third kappa shape index (κ3) is 3.70. The summed E-state index contributed by atoms with van der Waals surface area (Å²) in [5.41, 5.74) is 6.74. The fourth-order valence-corrected chi connectivity index (χ4v) is 2.61. The van der Waals surface area contributed by atoms with Crippen molar-refractivity contribution in [1.82, 2.24) is 10.3 Å². The molecule has 0 aliphatic heterocycles. The summed E-state index contributed by atoms with van der Waals surface area (Å²) in [6.45, 7) is 0. The van der Waals surface area contributed by atoms with E-state index >= 15 is 0 Å². The Balaban J connectivity index is 1.86. The molecule has 0 saturated heterocycles. The first kappa shape index (κ1) is 17.2. The Bertz CT molecular complexity index is 982. The van der Waals surface area contributed by atoms with Crippen LogP contribution in [0.2, 0.25) is 0 Å². The van der Waals surface area contributed by atoms with Crippen molar-refractivity contribution in [3.63, 3.8) is 0 Å². The standard InChI is InChI=1S/C20H17N3O3/c21-18(24)17(14-9-5-2-6-10-14)23-20(26)15-11-12-16(22-19(15)25)13-7-3-1-4-8-13/h1-12,17H,(H2,21,24)(H,22,25)(H,23,26). The summed E-state index contributed by atoms with van der Waals surface area (Å²) in [5.74, 6) is -1.37. The Labute approximate surface area is 149 Å². The highest BCUT2D eigenvalue weighted by Gasteiger charge is 2.22. The number of H-pyrrole nitrogens is 1. The Morgan fingerprint density at radius 2 is 1.50 bits per heavy atom. The molecule has 0 aliphatic rings. The minimum atomic E-state index is -1.02. The number of amides is 2. The van der Waals surface area contributed by atoms with Crippen LogP contribution < -0.4 is 16.6 Å². The molecule has 0 spiro atoms. The summed E-state index contributed by atoms with van der Waals surface area (Å²) in [6, 6.07) is 20.0. The number of hydrogen-bond acceptors (Lipinski definition) is 3. The number of primary amides is 1. The van der Waals surface area contributed by atoms with Crippen molar-refractivity contribution in [2.75, 3.05) is 0 Å². The minimum absolute atomic E-state index is 0.0909. The smallest absolute Gasteiger partial charge is 0.261 e. The van der Waals surface area contributed by atoms with Gasteiger partial charge < -0.3 is 16.0 Å². The zero-order valence-corrected chi connectivity index (χ0v) is 13.8. The SMILES string of the molecule is NC(=O)C(NC(=O)c1ccc(-c2ccccc2)[nH]c1=O)c1ccccc1. The number of hydrogen-bond donors (Lipinski definition) is 3. The van der Waals surface area contributed by atoms with Gasteiger partial charge in [0, 0.05) is 5.69 Å². The summed E-state index contributed by atoms with van der Waals surface area (Å²) < 4.78 is 0. The monoisotopic (exact) mass is 347 g/mol. The molecule has 4 N–H and O–H groups in total. The number of pyridine rings is 1. The van der Waals surface area contributed by atoms with E-state index in [1.54, 1.807) is 36.4 Å². The van der Waals surface area contributed by atoms with Gasteiger partial charge in [0.15, 0.2) is 0 Å². The van der Waals surface area contributed by atoms with Gasteiger partial charge in [-0.15, -0.1) is 0 Å². The zero-order chi connectivity index (χ0) is 18.5. The minimum Gasteiger partial charge on any atom is -0.368 e. The Hall–Kier alpha value is -3.67. The molecule has 130 valence electrons. The maximum Gasteiger partial charge on any atom is 0.261 e. The fourth-order valence-electron chi connectivity index (χ4n) is 2.61. The van der Waals surface area contributed by atoms with Crippen molar-refractivity contribution in [3.05, 3.63) is 94.3 Å². The molecule has 0 bridgehead atoms. The molecule has 3 aromatic rings. The quantitative estimate of drug-likeness (QED) is 0.657. The summed E-state index contributed by atoms with van der Waals surface area (Å²) >= 11 is 0. The van der Waals surface area contributed by atoms with Gasteiger partial charge in [-0.2, -0.15) is 0 Å². The average molecular weight is 347 g/mol. The van der Waals surface area contributed by atoms with E-state index in [2.05, 4.69) is 10.3 Å². The molecule has 2 aromatic carbocycles. The van der Waals surface area contributed by atoms with E-state index < -0.39 is 23.4 Å². The molecule has 0 fully saturated rings. The lowest BCUT2D eigenvalue weighted by molar-refractivity contribution is -0.120. The highest BCUT2D eigenvalue weighted by molar-refractivity contribution is 5.97. The number of rotatable bonds is 5. The van der Waals surface area contributed by atoms with Gasteiger partial charge in [0.2, 0.25) is 5.91 Å². The van der Waals surface area contributed by atoms with Crippen LogP contribution in [0.25, 0.3) is 11.3 Å². The molecule has 1 aromatic heterocycles. The van der Waals surface area contributed by atoms with Gasteiger partial charge in [0.05, 0.1) is 0 Å². The summed E-state index contributed by atoms with van der Waals surface area (Å²) in [6.07, 6.45) is 0. The first-order valence-electron chi connectivity index (χ1n) is 8.00. The van der Waals surface area contributed by atoms with Crippen molar-refractivity contribution >= 4 is 11.8 Å². The highest BCUT2D eigenvalue weighted by atomic mass is 16.2. The van der Waals surface area contributed by atoms with Crippen LogP contribution in [0, 0.1) is 0 Å². The summed E-state index contributed by atoms with van der Waals surface area (Å²) in [7, 11) is 0. The van der Waals surface area contributed by atoms with Crippen LogP contribution in [0.4, 0.5) is 0 Å². The summed E-state index contributed by atoms with van der Waals surface area (Å²) in [5, 5.41) is 2.52. The van der Waals surface area contributed by atoms with Crippen molar-refractivity contribution in [3.8, 4) is 11.3 Å². The van der Waals surface area contributed by atoms with Gasteiger partial charge >= 0.3 is 0 Å². The second kappa shape index (κ2) is 7.48. The van der Waals surface area contributed by atoms with E-state index in [9.17, 15) is 14.4 Å². The van der Waals surface area contributed by atoms with Crippen LogP contribution in [-0.2, 0) is 4.79 Å². The third-order valence-corrected chi connectivity index (χ3v) is 3.93. The van der Waals surface area contributed by atoms with Gasteiger partial charge in [-0.25, -0.2) is 0 Å². The molecule has 6 heteroatoms. The maximum atomic E-state index is 12.5. The molecular weight excluding hydrogens is 330 g/mol. The number of aromatic nitrogens is 1. The second-order valence-electron chi connectivity index (χ2n) is 5.70. The predicted octanol–water partition coefficient (Wildman–Crippen LogP) is 2.00. The number of aromatic amines is 1. The normalized spacial score (nSPS) is 11.5.